The van der Waals surface area contributed by atoms with Gasteiger partial charge in [0, 0.05) is 22.9 Å². The van der Waals surface area contributed by atoms with Crippen molar-refractivity contribution in [3.63, 3.8) is 0 Å². The van der Waals surface area contributed by atoms with E-state index >= 15 is 0 Å². The number of aromatic amines is 1. The second-order valence-electron chi connectivity index (χ2n) is 8.46. The van der Waals surface area contributed by atoms with Crippen LogP contribution in [0.3, 0.4) is 0 Å². The molecule has 0 spiro atoms. The molecule has 0 bridgehead atoms. The molecule has 0 unspecified atom stereocenters. The van der Waals surface area contributed by atoms with Gasteiger partial charge in [0.05, 0.1) is 5.69 Å². The average molecular weight is 307 g/mol. The van der Waals surface area contributed by atoms with Gasteiger partial charge >= 0.3 is 0 Å². The van der Waals surface area contributed by atoms with Gasteiger partial charge in [-0.15, -0.1) is 0 Å². The highest BCUT2D eigenvalue weighted by Crippen LogP contribution is 2.35. The number of nitrogens with one attached hydrogen (secondary N) is 1. The first-order valence-corrected chi connectivity index (χ1v) is 9.32. The summed E-state index contributed by atoms with van der Waals surface area (Å²) in [6, 6.07) is 0. The van der Waals surface area contributed by atoms with Crippen LogP contribution in [0, 0.1) is 0 Å². The minimum Gasteiger partial charge on any atom is -0.345 e. The minimum atomic E-state index is 0.108. The summed E-state index contributed by atoms with van der Waals surface area (Å²) in [4.78, 5) is 8.70. The molecule has 1 aromatic rings. The molecule has 0 aromatic carbocycles. The predicted molar refractivity (Wildman–Crippen MR) is 97.7 cm³/mol. The number of aryl methyl sites for hydroxylation is 1. The first kappa shape index (κ1) is 19.3. The van der Waals surface area contributed by atoms with Crippen LogP contribution in [0.15, 0.2) is 0 Å². The molecule has 1 aromatic heterocycles. The third kappa shape index (κ3) is 5.44. The predicted octanol–water partition coefficient (Wildman–Crippen LogP) is 6.30. The van der Waals surface area contributed by atoms with Gasteiger partial charge in [-0.2, -0.15) is 0 Å². The van der Waals surface area contributed by atoms with Crippen LogP contribution in [0.2, 0.25) is 0 Å². The molecule has 1 N–H and O–H groups in total. The van der Waals surface area contributed by atoms with Crippen molar-refractivity contribution in [2.24, 2.45) is 0 Å². The Balaban J connectivity index is 2.99. The summed E-state index contributed by atoms with van der Waals surface area (Å²) < 4.78 is 0. The van der Waals surface area contributed by atoms with Crippen LogP contribution in [-0.4, -0.2) is 9.97 Å². The summed E-state index contributed by atoms with van der Waals surface area (Å²) in [7, 11) is 0. The van der Waals surface area contributed by atoms with E-state index in [-0.39, 0.29) is 10.8 Å². The molecular formula is C20H38N2. The average Bonchev–Trinajstić information content (AvgIpc) is 2.84. The van der Waals surface area contributed by atoms with Crippen LogP contribution < -0.4 is 0 Å². The summed E-state index contributed by atoms with van der Waals surface area (Å²) in [5.41, 5.74) is 2.95. The molecule has 128 valence electrons. The second-order valence-corrected chi connectivity index (χ2v) is 8.46. The van der Waals surface area contributed by atoms with Crippen LogP contribution in [-0.2, 0) is 17.3 Å². The van der Waals surface area contributed by atoms with Gasteiger partial charge in [-0.05, 0) is 12.8 Å². The molecule has 0 aliphatic carbocycles. The fourth-order valence-electron chi connectivity index (χ4n) is 3.06. The van der Waals surface area contributed by atoms with Crippen molar-refractivity contribution in [2.75, 3.05) is 0 Å². The summed E-state index contributed by atoms with van der Waals surface area (Å²) in [5.74, 6) is 1.19. The lowest BCUT2D eigenvalue weighted by Gasteiger charge is -2.28. The Kier molecular flexibility index (Phi) is 7.15. The molecule has 0 fully saturated rings. The summed E-state index contributed by atoms with van der Waals surface area (Å²) >= 11 is 0. The van der Waals surface area contributed by atoms with Gasteiger partial charge in [0.15, 0.2) is 0 Å². The van der Waals surface area contributed by atoms with E-state index in [1.54, 1.807) is 0 Å². The van der Waals surface area contributed by atoms with Crippen LogP contribution in [0.25, 0.3) is 0 Å². The number of aromatic nitrogens is 2. The fourth-order valence-corrected chi connectivity index (χ4v) is 3.06. The topological polar surface area (TPSA) is 28.7 Å². The van der Waals surface area contributed by atoms with E-state index in [4.69, 9.17) is 4.98 Å². The number of hydrogen-bond donors (Lipinski definition) is 1. The fraction of sp³-hybridized carbons (Fsp3) is 0.850. The Morgan fingerprint density at radius 2 is 1.45 bits per heavy atom. The van der Waals surface area contributed by atoms with E-state index in [9.17, 15) is 0 Å². The molecular weight excluding hydrogens is 268 g/mol. The first-order valence-electron chi connectivity index (χ1n) is 9.32. The highest BCUT2D eigenvalue weighted by Gasteiger charge is 2.31. The summed E-state index contributed by atoms with van der Waals surface area (Å²) in [5, 5.41) is 0. The Labute approximate surface area is 138 Å². The Morgan fingerprint density at radius 3 is 2.00 bits per heavy atom. The van der Waals surface area contributed by atoms with Crippen LogP contribution in [0.4, 0.5) is 0 Å². The monoisotopic (exact) mass is 306 g/mol. The van der Waals surface area contributed by atoms with Crippen molar-refractivity contribution in [3.05, 3.63) is 17.2 Å². The zero-order valence-corrected chi connectivity index (χ0v) is 16.1. The number of unbranched alkanes of at least 4 members (excludes halogenated alkanes) is 4. The Morgan fingerprint density at radius 1 is 0.864 bits per heavy atom. The molecule has 0 aliphatic heterocycles. The number of rotatable bonds is 9. The molecule has 1 heterocycles. The SMILES string of the molecule is CCCCCc1nc(C(C)(C)C)c(C(C)(C)CCCCC)[nH]1. The van der Waals surface area contributed by atoms with E-state index in [0.29, 0.717) is 0 Å². The molecule has 22 heavy (non-hydrogen) atoms. The summed E-state index contributed by atoms with van der Waals surface area (Å²) in [6.07, 6.45) is 10.0. The zero-order chi connectivity index (χ0) is 16.8. The second kappa shape index (κ2) is 8.17. The van der Waals surface area contributed by atoms with Crippen molar-refractivity contribution < 1.29 is 0 Å². The molecule has 0 saturated heterocycles. The van der Waals surface area contributed by atoms with Crippen molar-refractivity contribution in [1.82, 2.24) is 9.97 Å². The smallest absolute Gasteiger partial charge is 0.106 e. The maximum atomic E-state index is 4.99. The number of H-pyrrole nitrogens is 1. The molecule has 1 rings (SSSR count). The maximum Gasteiger partial charge on any atom is 0.106 e. The maximum absolute atomic E-state index is 4.99. The molecule has 0 saturated carbocycles. The van der Waals surface area contributed by atoms with Crippen molar-refractivity contribution in [3.8, 4) is 0 Å². The van der Waals surface area contributed by atoms with Gasteiger partial charge < -0.3 is 4.98 Å². The van der Waals surface area contributed by atoms with Gasteiger partial charge in [-0.1, -0.05) is 80.6 Å². The van der Waals surface area contributed by atoms with Gasteiger partial charge in [0.25, 0.3) is 0 Å². The van der Waals surface area contributed by atoms with Gasteiger partial charge in [0.2, 0.25) is 0 Å². The van der Waals surface area contributed by atoms with Crippen LogP contribution in [0.5, 0.6) is 0 Å². The standard InChI is InChI=1S/C20H38N2/c1-8-10-12-14-16-21-17(19(3,4)5)18(22-16)20(6,7)15-13-11-9-2/h8-15H2,1-7H3,(H,21,22). The van der Waals surface area contributed by atoms with E-state index in [2.05, 4.69) is 53.5 Å². The van der Waals surface area contributed by atoms with Gasteiger partial charge in [-0.3, -0.25) is 0 Å². The van der Waals surface area contributed by atoms with Crippen molar-refractivity contribution in [2.45, 2.75) is 111 Å². The summed E-state index contributed by atoms with van der Waals surface area (Å²) in [6.45, 7) is 16.1. The molecule has 0 amide bonds. The molecule has 2 heteroatoms. The van der Waals surface area contributed by atoms with Crippen molar-refractivity contribution in [1.29, 1.82) is 0 Å². The highest BCUT2D eigenvalue weighted by molar-refractivity contribution is 5.28. The zero-order valence-electron chi connectivity index (χ0n) is 16.1. The van der Waals surface area contributed by atoms with Crippen LogP contribution >= 0.6 is 0 Å². The Bertz CT molecular complexity index is 435. The van der Waals surface area contributed by atoms with E-state index in [1.807, 2.05) is 0 Å². The third-order valence-electron chi connectivity index (χ3n) is 4.56. The lowest BCUT2D eigenvalue weighted by Crippen LogP contribution is -2.24. The largest absolute Gasteiger partial charge is 0.345 e. The molecule has 0 aliphatic rings. The van der Waals surface area contributed by atoms with Crippen LogP contribution in [0.1, 0.15) is 111 Å². The third-order valence-corrected chi connectivity index (χ3v) is 4.56. The van der Waals surface area contributed by atoms with Gasteiger partial charge in [0.1, 0.15) is 5.82 Å². The highest BCUT2D eigenvalue weighted by atomic mass is 15.0. The lowest BCUT2D eigenvalue weighted by atomic mass is 9.78. The first-order chi connectivity index (χ1) is 10.2. The normalized spacial score (nSPS) is 12.9. The minimum absolute atomic E-state index is 0.108. The number of hydrogen-bond acceptors (Lipinski definition) is 1. The molecule has 0 radical (unpaired) electrons. The van der Waals surface area contributed by atoms with E-state index in [0.717, 1.165) is 6.42 Å². The lowest BCUT2D eigenvalue weighted by molar-refractivity contribution is 0.424. The van der Waals surface area contributed by atoms with Crippen molar-refractivity contribution >= 4 is 0 Å². The quantitative estimate of drug-likeness (QED) is 0.533. The Hall–Kier alpha value is -0.790. The van der Waals surface area contributed by atoms with E-state index in [1.165, 1.54) is 62.2 Å². The number of imidazole rings is 1. The van der Waals surface area contributed by atoms with E-state index < -0.39 is 0 Å². The van der Waals surface area contributed by atoms with Gasteiger partial charge in [-0.25, -0.2) is 4.98 Å². The molecule has 0 atom stereocenters. The number of nitrogens with zero attached hydrogens (tertiary/aromatic N) is 1. The molecule has 2 nitrogen and oxygen atoms in total.